The maximum atomic E-state index is 12.9. The van der Waals surface area contributed by atoms with Crippen molar-refractivity contribution in [2.24, 2.45) is 0 Å². The van der Waals surface area contributed by atoms with E-state index >= 15 is 0 Å². The maximum absolute atomic E-state index is 12.9. The van der Waals surface area contributed by atoms with Gasteiger partial charge in [0.2, 0.25) is 0 Å². The third kappa shape index (κ3) is 2.39. The molecule has 1 aromatic heterocycles. The SMILES string of the molecule is CCN1C[C@@H]2c3c(c4cc(C)ccc4oc3=O)OC[C@@H]2c2cc(C)ccc21. The van der Waals surface area contributed by atoms with Crippen LogP contribution in [0.25, 0.3) is 11.0 Å². The molecule has 0 saturated heterocycles. The molecule has 138 valence electrons. The maximum Gasteiger partial charge on any atom is 0.343 e. The molecule has 3 aromatic rings. The van der Waals surface area contributed by atoms with E-state index in [4.69, 9.17) is 9.15 Å². The number of likely N-dealkylation sites (N-methyl/N-ethyl adjacent to an activating group) is 1. The molecule has 0 aliphatic carbocycles. The Hall–Kier alpha value is -2.75. The van der Waals surface area contributed by atoms with Crippen LogP contribution in [0.2, 0.25) is 0 Å². The first-order chi connectivity index (χ1) is 13.1. The third-order valence-corrected chi connectivity index (χ3v) is 6.03. The van der Waals surface area contributed by atoms with E-state index in [1.54, 1.807) is 0 Å². The molecule has 0 spiro atoms. The first-order valence-corrected chi connectivity index (χ1v) is 9.62. The molecule has 0 saturated carbocycles. The van der Waals surface area contributed by atoms with Crippen LogP contribution in [0.3, 0.4) is 0 Å². The molecule has 2 aliphatic rings. The highest BCUT2D eigenvalue weighted by molar-refractivity contribution is 5.86. The van der Waals surface area contributed by atoms with Gasteiger partial charge in [-0.25, -0.2) is 4.79 Å². The first kappa shape index (κ1) is 16.4. The minimum absolute atomic E-state index is 0.0872. The lowest BCUT2D eigenvalue weighted by Crippen LogP contribution is -2.42. The zero-order chi connectivity index (χ0) is 18.7. The molecule has 5 rings (SSSR count). The summed E-state index contributed by atoms with van der Waals surface area (Å²) >= 11 is 0. The van der Waals surface area contributed by atoms with E-state index in [0.29, 0.717) is 17.8 Å². The number of rotatable bonds is 1. The summed E-state index contributed by atoms with van der Waals surface area (Å²) in [5.41, 5.74) is 5.95. The first-order valence-electron chi connectivity index (χ1n) is 9.62. The predicted molar refractivity (Wildman–Crippen MR) is 107 cm³/mol. The van der Waals surface area contributed by atoms with E-state index < -0.39 is 0 Å². The summed E-state index contributed by atoms with van der Waals surface area (Å²) in [5, 5.41) is 0.904. The Bertz CT molecular complexity index is 1110. The molecule has 0 bridgehead atoms. The number of hydrogen-bond donors (Lipinski definition) is 0. The van der Waals surface area contributed by atoms with Crippen molar-refractivity contribution in [2.45, 2.75) is 32.6 Å². The molecule has 4 nitrogen and oxygen atoms in total. The van der Waals surface area contributed by atoms with Gasteiger partial charge >= 0.3 is 5.63 Å². The highest BCUT2D eigenvalue weighted by Crippen LogP contribution is 2.49. The summed E-state index contributed by atoms with van der Waals surface area (Å²) in [6.45, 7) is 8.64. The lowest BCUT2D eigenvalue weighted by molar-refractivity contribution is 0.231. The zero-order valence-corrected chi connectivity index (χ0v) is 15.9. The van der Waals surface area contributed by atoms with Crippen molar-refractivity contribution < 1.29 is 9.15 Å². The van der Waals surface area contributed by atoms with E-state index in [0.717, 1.165) is 29.8 Å². The number of hydrogen-bond acceptors (Lipinski definition) is 4. The van der Waals surface area contributed by atoms with Crippen LogP contribution < -0.4 is 15.3 Å². The second-order valence-corrected chi connectivity index (χ2v) is 7.76. The Morgan fingerprint density at radius 2 is 1.85 bits per heavy atom. The quantitative estimate of drug-likeness (QED) is 0.598. The van der Waals surface area contributed by atoms with E-state index in [1.165, 1.54) is 16.8 Å². The molecule has 0 N–H and O–H groups in total. The zero-order valence-electron chi connectivity index (χ0n) is 15.9. The minimum Gasteiger partial charge on any atom is -0.492 e. The molecule has 0 radical (unpaired) electrons. The summed E-state index contributed by atoms with van der Waals surface area (Å²) < 4.78 is 11.9. The largest absolute Gasteiger partial charge is 0.492 e. The van der Waals surface area contributed by atoms with Crippen molar-refractivity contribution in [3.8, 4) is 5.75 Å². The van der Waals surface area contributed by atoms with Crippen molar-refractivity contribution >= 4 is 16.7 Å². The number of anilines is 1. The van der Waals surface area contributed by atoms with E-state index in [2.05, 4.69) is 43.0 Å². The van der Waals surface area contributed by atoms with Crippen LogP contribution in [-0.2, 0) is 0 Å². The van der Waals surface area contributed by atoms with Crippen LogP contribution in [-0.4, -0.2) is 19.7 Å². The van der Waals surface area contributed by atoms with Crippen LogP contribution in [0.4, 0.5) is 5.69 Å². The van der Waals surface area contributed by atoms with Gasteiger partial charge in [-0.05, 0) is 44.5 Å². The van der Waals surface area contributed by atoms with Crippen molar-refractivity contribution in [1.82, 2.24) is 0 Å². The fraction of sp³-hybridized carbons (Fsp3) is 0.348. The Balaban J connectivity index is 1.74. The Kier molecular flexibility index (Phi) is 3.58. The molecule has 0 fully saturated rings. The third-order valence-electron chi connectivity index (χ3n) is 6.03. The molecule has 0 amide bonds. The van der Waals surface area contributed by atoms with E-state index in [9.17, 15) is 4.79 Å². The van der Waals surface area contributed by atoms with E-state index in [-0.39, 0.29) is 17.5 Å². The van der Waals surface area contributed by atoms with Gasteiger partial charge in [-0.3, -0.25) is 0 Å². The molecule has 2 atom stereocenters. The highest BCUT2D eigenvalue weighted by Gasteiger charge is 2.41. The molecule has 2 aliphatic heterocycles. The average Bonchev–Trinajstić information content (AvgIpc) is 2.67. The summed E-state index contributed by atoms with van der Waals surface area (Å²) in [6.07, 6.45) is 0. The number of ether oxygens (including phenoxy) is 1. The monoisotopic (exact) mass is 361 g/mol. The fourth-order valence-corrected chi connectivity index (χ4v) is 4.69. The highest BCUT2D eigenvalue weighted by atomic mass is 16.5. The Morgan fingerprint density at radius 3 is 2.67 bits per heavy atom. The summed E-state index contributed by atoms with van der Waals surface area (Å²) in [5.74, 6) is 0.989. The number of aryl methyl sites for hydroxylation is 2. The molecule has 0 unspecified atom stereocenters. The summed E-state index contributed by atoms with van der Waals surface area (Å²) in [7, 11) is 0. The van der Waals surface area contributed by atoms with Crippen LogP contribution in [0, 0.1) is 13.8 Å². The molecule has 4 heteroatoms. The standard InChI is InChI=1S/C23H23NO3/c1-4-24-11-17-18(15-9-13(2)5-7-19(15)24)12-26-22-16-10-14(3)6-8-20(16)27-23(25)21(17)22/h5-10,17-18H,4,11-12H2,1-3H3/t17-,18+/m0/s1. The summed E-state index contributed by atoms with van der Waals surface area (Å²) in [4.78, 5) is 15.3. The van der Waals surface area contributed by atoms with Crippen molar-refractivity contribution in [2.75, 3.05) is 24.6 Å². The van der Waals surface area contributed by atoms with Gasteiger partial charge in [-0.2, -0.15) is 0 Å². The molecule has 27 heavy (non-hydrogen) atoms. The lowest BCUT2D eigenvalue weighted by atomic mass is 9.76. The lowest BCUT2D eigenvalue weighted by Gasteiger charge is -2.43. The van der Waals surface area contributed by atoms with Gasteiger partial charge in [0.1, 0.15) is 11.3 Å². The van der Waals surface area contributed by atoms with Crippen molar-refractivity contribution in [3.05, 3.63) is 69.1 Å². The van der Waals surface area contributed by atoms with Gasteiger partial charge in [0.15, 0.2) is 0 Å². The van der Waals surface area contributed by atoms with Crippen LogP contribution in [0.1, 0.15) is 41.0 Å². The smallest absolute Gasteiger partial charge is 0.343 e. The second-order valence-electron chi connectivity index (χ2n) is 7.76. The average molecular weight is 361 g/mol. The molecule has 2 aromatic carbocycles. The normalized spacial score (nSPS) is 20.6. The van der Waals surface area contributed by atoms with Gasteiger partial charge in [0, 0.05) is 30.6 Å². The number of nitrogens with zero attached hydrogens (tertiary/aromatic N) is 1. The number of fused-ring (bicyclic) bond motifs is 7. The minimum atomic E-state index is -0.261. The van der Waals surface area contributed by atoms with Crippen LogP contribution >= 0.6 is 0 Å². The van der Waals surface area contributed by atoms with Crippen LogP contribution in [0.15, 0.2) is 45.6 Å². The van der Waals surface area contributed by atoms with Gasteiger partial charge in [0.05, 0.1) is 17.6 Å². The topological polar surface area (TPSA) is 42.7 Å². The van der Waals surface area contributed by atoms with Gasteiger partial charge in [-0.15, -0.1) is 0 Å². The van der Waals surface area contributed by atoms with E-state index in [1.807, 2.05) is 19.1 Å². The number of benzene rings is 2. The Labute approximate surface area is 158 Å². The van der Waals surface area contributed by atoms with Gasteiger partial charge in [0.25, 0.3) is 0 Å². The van der Waals surface area contributed by atoms with Crippen molar-refractivity contribution in [1.29, 1.82) is 0 Å². The van der Waals surface area contributed by atoms with Crippen LogP contribution in [0.5, 0.6) is 5.75 Å². The van der Waals surface area contributed by atoms with Gasteiger partial charge in [-0.1, -0.05) is 29.3 Å². The predicted octanol–water partition coefficient (Wildman–Crippen LogP) is 4.51. The fourth-order valence-electron chi connectivity index (χ4n) is 4.69. The summed E-state index contributed by atoms with van der Waals surface area (Å²) in [6, 6.07) is 12.5. The molecule has 3 heterocycles. The molecular formula is C23H23NO3. The van der Waals surface area contributed by atoms with Gasteiger partial charge < -0.3 is 14.1 Å². The molecular weight excluding hydrogens is 338 g/mol. The Morgan fingerprint density at radius 1 is 1.07 bits per heavy atom. The van der Waals surface area contributed by atoms with Crippen molar-refractivity contribution in [3.63, 3.8) is 0 Å². The second kappa shape index (κ2) is 5.88.